The van der Waals surface area contributed by atoms with Crippen LogP contribution in [0.1, 0.15) is 34.4 Å². The van der Waals surface area contributed by atoms with E-state index in [9.17, 15) is 4.79 Å². The minimum absolute atomic E-state index is 0.190. The van der Waals surface area contributed by atoms with Crippen LogP contribution in [0.5, 0.6) is 5.75 Å². The van der Waals surface area contributed by atoms with E-state index < -0.39 is 0 Å². The number of nitrogens with one attached hydrogen (secondary N) is 1. The molecule has 0 bridgehead atoms. The molecule has 2 heterocycles. The van der Waals surface area contributed by atoms with E-state index in [2.05, 4.69) is 16.0 Å². The van der Waals surface area contributed by atoms with Gasteiger partial charge in [0.1, 0.15) is 12.4 Å². The van der Waals surface area contributed by atoms with E-state index in [4.69, 9.17) is 21.6 Å². The summed E-state index contributed by atoms with van der Waals surface area (Å²) in [5.74, 6) is 0.517. The van der Waals surface area contributed by atoms with E-state index >= 15 is 0 Å². The van der Waals surface area contributed by atoms with Crippen molar-refractivity contribution in [2.75, 3.05) is 0 Å². The van der Waals surface area contributed by atoms with Gasteiger partial charge in [0, 0.05) is 12.4 Å². The number of ether oxygens (including phenoxy) is 1. The summed E-state index contributed by atoms with van der Waals surface area (Å²) in [5.41, 5.74) is 4.77. The average molecular weight is 390 g/mol. The number of nitrogens with zero attached hydrogens (tertiary/aromatic N) is 2. The molecule has 5 nitrogen and oxygen atoms in total. The number of halogens is 1. The highest BCUT2D eigenvalue weighted by atomic mass is 35.5. The van der Waals surface area contributed by atoms with Crippen LogP contribution in [0.4, 0.5) is 0 Å². The number of pyridine rings is 2. The van der Waals surface area contributed by atoms with Crippen LogP contribution in [0.3, 0.4) is 0 Å². The molecule has 0 spiro atoms. The van der Waals surface area contributed by atoms with Crippen LogP contribution in [0.15, 0.2) is 53.6 Å². The molecule has 2 aromatic heterocycles. The molecule has 0 radical (unpaired) electrons. The SMILES string of the molecule is N#Cc1ccc2c(c1)CCC(c1c(OCc3ccc(Cl)cn3)cc[nH]c1=O)=C2. The molecule has 0 atom stereocenters. The molecule has 1 aromatic carbocycles. The second-order valence-corrected chi connectivity index (χ2v) is 6.93. The average Bonchev–Trinajstić information content (AvgIpc) is 2.72. The number of aromatic amines is 1. The molecule has 0 unspecified atom stereocenters. The number of hydrogen-bond acceptors (Lipinski definition) is 4. The summed E-state index contributed by atoms with van der Waals surface area (Å²) in [4.78, 5) is 19.5. The topological polar surface area (TPSA) is 78.8 Å². The van der Waals surface area contributed by atoms with E-state index in [1.807, 2.05) is 18.2 Å². The minimum atomic E-state index is -0.190. The Morgan fingerprint density at radius 2 is 2.11 bits per heavy atom. The number of aromatic nitrogens is 2. The van der Waals surface area contributed by atoms with E-state index in [1.54, 1.807) is 36.7 Å². The number of rotatable bonds is 4. The predicted octanol–water partition coefficient (Wildman–Crippen LogP) is 4.36. The third kappa shape index (κ3) is 3.68. The Hall–Kier alpha value is -3.36. The summed E-state index contributed by atoms with van der Waals surface area (Å²) in [6.07, 6.45) is 6.60. The largest absolute Gasteiger partial charge is 0.486 e. The van der Waals surface area contributed by atoms with Gasteiger partial charge in [0.15, 0.2) is 0 Å². The molecule has 0 aliphatic heterocycles. The van der Waals surface area contributed by atoms with Crippen LogP contribution >= 0.6 is 11.6 Å². The Morgan fingerprint density at radius 3 is 2.89 bits per heavy atom. The van der Waals surface area contributed by atoms with Crippen molar-refractivity contribution in [2.24, 2.45) is 0 Å². The van der Waals surface area contributed by atoms with Crippen LogP contribution < -0.4 is 10.3 Å². The monoisotopic (exact) mass is 389 g/mol. The molecular weight excluding hydrogens is 374 g/mol. The quantitative estimate of drug-likeness (QED) is 0.719. The molecule has 3 aromatic rings. The summed E-state index contributed by atoms with van der Waals surface area (Å²) in [6, 6.07) is 13.1. The number of nitriles is 1. The lowest BCUT2D eigenvalue weighted by atomic mass is 9.88. The zero-order chi connectivity index (χ0) is 19.5. The molecular formula is C22H16ClN3O2. The zero-order valence-electron chi connectivity index (χ0n) is 14.9. The Bertz CT molecular complexity index is 1160. The minimum Gasteiger partial charge on any atom is -0.486 e. The van der Waals surface area contributed by atoms with Gasteiger partial charge in [0.2, 0.25) is 0 Å². The first-order valence-corrected chi connectivity index (χ1v) is 9.21. The molecule has 0 fully saturated rings. The van der Waals surface area contributed by atoms with Crippen LogP contribution in [0.2, 0.25) is 5.02 Å². The maximum Gasteiger partial charge on any atom is 0.259 e. The Kier molecular flexibility index (Phi) is 4.96. The molecule has 1 aliphatic rings. The van der Waals surface area contributed by atoms with Crippen LogP contribution in [0, 0.1) is 11.3 Å². The van der Waals surface area contributed by atoms with Crippen molar-refractivity contribution >= 4 is 23.3 Å². The van der Waals surface area contributed by atoms with E-state index in [-0.39, 0.29) is 12.2 Å². The third-order valence-electron chi connectivity index (χ3n) is 4.67. The molecule has 0 saturated heterocycles. The van der Waals surface area contributed by atoms with Gasteiger partial charge in [-0.15, -0.1) is 0 Å². The van der Waals surface area contributed by atoms with Gasteiger partial charge in [0.05, 0.1) is 27.9 Å². The van der Waals surface area contributed by atoms with Crippen molar-refractivity contribution in [1.29, 1.82) is 5.26 Å². The third-order valence-corrected chi connectivity index (χ3v) is 4.90. The second kappa shape index (κ2) is 7.71. The lowest BCUT2D eigenvalue weighted by Gasteiger charge is -2.18. The molecule has 0 saturated carbocycles. The van der Waals surface area contributed by atoms with Crippen molar-refractivity contribution in [2.45, 2.75) is 19.4 Å². The fourth-order valence-electron chi connectivity index (χ4n) is 3.29. The van der Waals surface area contributed by atoms with E-state index in [1.165, 1.54) is 0 Å². The van der Waals surface area contributed by atoms with Gasteiger partial charge in [-0.05, 0) is 59.9 Å². The number of fused-ring (bicyclic) bond motifs is 1. The normalized spacial score (nSPS) is 12.6. The highest BCUT2D eigenvalue weighted by Crippen LogP contribution is 2.33. The highest BCUT2D eigenvalue weighted by Gasteiger charge is 2.18. The number of benzene rings is 1. The van der Waals surface area contributed by atoms with E-state index in [0.717, 1.165) is 28.8 Å². The molecule has 1 aliphatic carbocycles. The molecule has 6 heteroatoms. The summed E-state index contributed by atoms with van der Waals surface area (Å²) >= 11 is 5.86. The summed E-state index contributed by atoms with van der Waals surface area (Å²) < 4.78 is 5.91. The van der Waals surface area contributed by atoms with Gasteiger partial charge in [-0.2, -0.15) is 5.26 Å². The number of hydrogen-bond donors (Lipinski definition) is 1. The Morgan fingerprint density at radius 1 is 1.21 bits per heavy atom. The van der Waals surface area contributed by atoms with Crippen molar-refractivity contribution in [3.8, 4) is 11.8 Å². The first kappa shape index (κ1) is 18.0. The number of aryl methyl sites for hydroxylation is 1. The first-order valence-electron chi connectivity index (χ1n) is 8.83. The predicted molar refractivity (Wildman–Crippen MR) is 108 cm³/mol. The number of allylic oxidation sites excluding steroid dienone is 1. The maximum atomic E-state index is 12.6. The highest BCUT2D eigenvalue weighted by molar-refractivity contribution is 6.30. The second-order valence-electron chi connectivity index (χ2n) is 6.50. The molecule has 138 valence electrons. The molecule has 4 rings (SSSR count). The van der Waals surface area contributed by atoms with Crippen molar-refractivity contribution in [3.63, 3.8) is 0 Å². The van der Waals surface area contributed by atoms with Crippen LogP contribution in [-0.2, 0) is 13.0 Å². The lowest BCUT2D eigenvalue weighted by Crippen LogP contribution is -2.15. The Labute approximate surface area is 166 Å². The lowest BCUT2D eigenvalue weighted by molar-refractivity contribution is 0.299. The van der Waals surface area contributed by atoms with E-state index in [0.29, 0.717) is 28.3 Å². The summed E-state index contributed by atoms with van der Waals surface area (Å²) in [5, 5.41) is 9.63. The maximum absolute atomic E-state index is 12.6. The van der Waals surface area contributed by atoms with Crippen molar-refractivity contribution in [3.05, 3.63) is 92.1 Å². The van der Waals surface area contributed by atoms with Gasteiger partial charge in [-0.1, -0.05) is 23.7 Å². The summed E-state index contributed by atoms with van der Waals surface area (Å²) in [6.45, 7) is 0.239. The fourth-order valence-corrected chi connectivity index (χ4v) is 3.40. The van der Waals surface area contributed by atoms with Gasteiger partial charge < -0.3 is 9.72 Å². The van der Waals surface area contributed by atoms with Gasteiger partial charge >= 0.3 is 0 Å². The van der Waals surface area contributed by atoms with Crippen LogP contribution in [-0.4, -0.2) is 9.97 Å². The van der Waals surface area contributed by atoms with Gasteiger partial charge in [-0.3, -0.25) is 9.78 Å². The molecule has 0 amide bonds. The standard InChI is InChI=1S/C22H16ClN3O2/c23-18-5-6-19(26-12-18)13-28-20-7-8-25-22(27)21(20)17-4-3-15-9-14(11-24)1-2-16(15)10-17/h1-2,5-10,12H,3-4,13H2,(H,25,27). The van der Waals surface area contributed by atoms with Crippen LogP contribution in [0.25, 0.3) is 11.6 Å². The Balaban J connectivity index is 1.66. The smallest absolute Gasteiger partial charge is 0.259 e. The molecule has 1 N–H and O–H groups in total. The van der Waals surface area contributed by atoms with Gasteiger partial charge in [0.25, 0.3) is 5.56 Å². The zero-order valence-corrected chi connectivity index (χ0v) is 15.7. The number of H-pyrrole nitrogens is 1. The summed E-state index contributed by atoms with van der Waals surface area (Å²) in [7, 11) is 0. The van der Waals surface area contributed by atoms with Gasteiger partial charge in [-0.25, -0.2) is 0 Å². The first-order chi connectivity index (χ1) is 13.6. The fraction of sp³-hybridized carbons (Fsp3) is 0.136. The molecule has 28 heavy (non-hydrogen) atoms. The van der Waals surface area contributed by atoms with Crippen molar-refractivity contribution < 1.29 is 4.74 Å². The van der Waals surface area contributed by atoms with Crippen molar-refractivity contribution in [1.82, 2.24) is 9.97 Å².